The standard InChI is InChI=1S/C14H15BrClN5/c15-12-13(17)18-9-19-14(12)21-7-5-20(6-8-21)11-4-2-1-3-10(11)16/h1-4,9H,5-8H2,(H2,17,18,19). The van der Waals surface area contributed by atoms with Crippen molar-refractivity contribution in [2.45, 2.75) is 0 Å². The lowest BCUT2D eigenvalue weighted by Crippen LogP contribution is -2.47. The van der Waals surface area contributed by atoms with E-state index in [4.69, 9.17) is 17.3 Å². The second-order valence-corrected chi connectivity index (χ2v) is 6.02. The molecular formula is C14H15BrClN5. The van der Waals surface area contributed by atoms with Crippen molar-refractivity contribution in [1.29, 1.82) is 0 Å². The smallest absolute Gasteiger partial charge is 0.148 e. The summed E-state index contributed by atoms with van der Waals surface area (Å²) in [4.78, 5) is 12.8. The van der Waals surface area contributed by atoms with E-state index in [1.807, 2.05) is 18.2 Å². The molecule has 2 heterocycles. The van der Waals surface area contributed by atoms with Gasteiger partial charge < -0.3 is 15.5 Å². The summed E-state index contributed by atoms with van der Waals surface area (Å²) in [5.41, 5.74) is 6.90. The molecule has 1 aliphatic heterocycles. The van der Waals surface area contributed by atoms with Crippen LogP contribution in [0.5, 0.6) is 0 Å². The van der Waals surface area contributed by atoms with Gasteiger partial charge in [-0.05, 0) is 28.1 Å². The summed E-state index contributed by atoms with van der Waals surface area (Å²) in [7, 11) is 0. The van der Waals surface area contributed by atoms with Crippen molar-refractivity contribution in [3.05, 3.63) is 40.1 Å². The van der Waals surface area contributed by atoms with Gasteiger partial charge in [-0.15, -0.1) is 0 Å². The average Bonchev–Trinajstić information content (AvgIpc) is 2.51. The summed E-state index contributed by atoms with van der Waals surface area (Å²) >= 11 is 9.72. The Bertz CT molecular complexity index is 643. The number of hydrogen-bond donors (Lipinski definition) is 1. The van der Waals surface area contributed by atoms with Crippen LogP contribution < -0.4 is 15.5 Å². The first kappa shape index (κ1) is 14.4. The molecule has 3 rings (SSSR count). The van der Waals surface area contributed by atoms with E-state index in [0.717, 1.165) is 47.2 Å². The normalized spacial score (nSPS) is 15.3. The zero-order valence-corrected chi connectivity index (χ0v) is 13.7. The molecule has 0 spiro atoms. The highest BCUT2D eigenvalue weighted by Gasteiger charge is 2.21. The maximum atomic E-state index is 6.26. The molecule has 1 aliphatic rings. The lowest BCUT2D eigenvalue weighted by atomic mass is 10.2. The minimum absolute atomic E-state index is 0.466. The molecule has 0 aliphatic carbocycles. The van der Waals surface area contributed by atoms with E-state index in [0.29, 0.717) is 5.82 Å². The summed E-state index contributed by atoms with van der Waals surface area (Å²) in [5, 5.41) is 0.790. The minimum atomic E-state index is 0.466. The van der Waals surface area contributed by atoms with E-state index in [2.05, 4.69) is 41.8 Å². The molecule has 1 fully saturated rings. The second kappa shape index (κ2) is 6.07. The van der Waals surface area contributed by atoms with Crippen LogP contribution >= 0.6 is 27.5 Å². The van der Waals surface area contributed by atoms with Crippen LogP contribution in [0, 0.1) is 0 Å². The van der Waals surface area contributed by atoms with Crippen molar-refractivity contribution >= 4 is 44.9 Å². The topological polar surface area (TPSA) is 58.3 Å². The summed E-state index contributed by atoms with van der Waals surface area (Å²) in [6, 6.07) is 7.93. The van der Waals surface area contributed by atoms with Crippen LogP contribution in [0.1, 0.15) is 0 Å². The maximum absolute atomic E-state index is 6.26. The summed E-state index contributed by atoms with van der Waals surface area (Å²) in [6.45, 7) is 3.50. The molecule has 2 aromatic rings. The molecule has 0 amide bonds. The maximum Gasteiger partial charge on any atom is 0.148 e. The molecule has 0 bridgehead atoms. The number of aromatic nitrogens is 2. The Balaban J connectivity index is 1.74. The number of benzene rings is 1. The fourth-order valence-electron chi connectivity index (χ4n) is 2.46. The second-order valence-electron chi connectivity index (χ2n) is 4.82. The molecule has 1 aromatic heterocycles. The number of piperazine rings is 1. The predicted molar refractivity (Wildman–Crippen MR) is 90.0 cm³/mol. The molecule has 0 atom stereocenters. The van der Waals surface area contributed by atoms with Gasteiger partial charge in [-0.1, -0.05) is 23.7 Å². The van der Waals surface area contributed by atoms with Crippen molar-refractivity contribution in [3.8, 4) is 0 Å². The Kier molecular flexibility index (Phi) is 4.17. The number of nitrogens with zero attached hydrogens (tertiary/aromatic N) is 4. The van der Waals surface area contributed by atoms with Gasteiger partial charge in [-0.2, -0.15) is 0 Å². The highest BCUT2D eigenvalue weighted by atomic mass is 79.9. The molecular weight excluding hydrogens is 354 g/mol. The van der Waals surface area contributed by atoms with Crippen LogP contribution in [0.15, 0.2) is 35.1 Å². The van der Waals surface area contributed by atoms with Crippen molar-refractivity contribution in [2.24, 2.45) is 0 Å². The van der Waals surface area contributed by atoms with Crippen LogP contribution in [0.4, 0.5) is 17.3 Å². The zero-order valence-electron chi connectivity index (χ0n) is 11.3. The van der Waals surface area contributed by atoms with Gasteiger partial charge in [-0.25, -0.2) is 9.97 Å². The number of nitrogens with two attached hydrogens (primary N) is 1. The van der Waals surface area contributed by atoms with E-state index >= 15 is 0 Å². The number of halogens is 2. The van der Waals surface area contributed by atoms with E-state index < -0.39 is 0 Å². The molecule has 0 radical (unpaired) electrons. The van der Waals surface area contributed by atoms with Crippen LogP contribution in [0.3, 0.4) is 0 Å². The van der Waals surface area contributed by atoms with Crippen molar-refractivity contribution in [1.82, 2.24) is 9.97 Å². The Morgan fingerprint density at radius 1 is 1.05 bits per heavy atom. The van der Waals surface area contributed by atoms with Crippen LogP contribution in [0.2, 0.25) is 5.02 Å². The van der Waals surface area contributed by atoms with E-state index in [-0.39, 0.29) is 0 Å². The predicted octanol–water partition coefficient (Wildman–Crippen LogP) is 2.80. The van der Waals surface area contributed by atoms with E-state index in [1.165, 1.54) is 6.33 Å². The van der Waals surface area contributed by atoms with Crippen molar-refractivity contribution in [2.75, 3.05) is 41.7 Å². The van der Waals surface area contributed by atoms with E-state index in [1.54, 1.807) is 0 Å². The molecule has 0 unspecified atom stereocenters. The van der Waals surface area contributed by atoms with Gasteiger partial charge in [0.15, 0.2) is 0 Å². The fourth-order valence-corrected chi connectivity index (χ4v) is 3.17. The Morgan fingerprint density at radius 3 is 2.43 bits per heavy atom. The lowest BCUT2D eigenvalue weighted by molar-refractivity contribution is 0.646. The van der Waals surface area contributed by atoms with Crippen molar-refractivity contribution < 1.29 is 0 Å². The Hall–Kier alpha value is -1.53. The molecule has 0 saturated carbocycles. The monoisotopic (exact) mass is 367 g/mol. The van der Waals surface area contributed by atoms with Crippen molar-refractivity contribution in [3.63, 3.8) is 0 Å². The third-order valence-corrected chi connectivity index (χ3v) is 4.65. The fraction of sp³-hybridized carbons (Fsp3) is 0.286. The summed E-state index contributed by atoms with van der Waals surface area (Å²) < 4.78 is 0.760. The third-order valence-electron chi connectivity index (χ3n) is 3.57. The first-order valence-corrected chi connectivity index (χ1v) is 7.84. The van der Waals surface area contributed by atoms with Gasteiger partial charge >= 0.3 is 0 Å². The quantitative estimate of drug-likeness (QED) is 0.883. The number of hydrogen-bond acceptors (Lipinski definition) is 5. The molecule has 1 aromatic carbocycles. The molecule has 7 heteroatoms. The van der Waals surface area contributed by atoms with Gasteiger partial charge in [0.25, 0.3) is 0 Å². The lowest BCUT2D eigenvalue weighted by Gasteiger charge is -2.37. The van der Waals surface area contributed by atoms with Gasteiger partial charge in [0.1, 0.15) is 22.4 Å². The first-order valence-electron chi connectivity index (χ1n) is 6.67. The van der Waals surface area contributed by atoms with Crippen LogP contribution in [-0.4, -0.2) is 36.1 Å². The zero-order chi connectivity index (χ0) is 14.8. The van der Waals surface area contributed by atoms with Gasteiger partial charge in [0.05, 0.1) is 10.7 Å². The Labute approximate surface area is 136 Å². The number of para-hydroxylation sites is 1. The minimum Gasteiger partial charge on any atom is -0.383 e. The largest absolute Gasteiger partial charge is 0.383 e. The number of anilines is 3. The SMILES string of the molecule is Nc1ncnc(N2CCN(c3ccccc3Cl)CC2)c1Br. The molecule has 5 nitrogen and oxygen atoms in total. The first-order chi connectivity index (χ1) is 10.2. The van der Waals surface area contributed by atoms with Gasteiger partial charge in [0, 0.05) is 26.2 Å². The van der Waals surface area contributed by atoms with Crippen LogP contribution in [-0.2, 0) is 0 Å². The van der Waals surface area contributed by atoms with Crippen LogP contribution in [0.25, 0.3) is 0 Å². The average molecular weight is 369 g/mol. The molecule has 21 heavy (non-hydrogen) atoms. The third kappa shape index (κ3) is 2.91. The van der Waals surface area contributed by atoms with E-state index in [9.17, 15) is 0 Å². The highest BCUT2D eigenvalue weighted by Crippen LogP contribution is 2.30. The summed E-state index contributed by atoms with van der Waals surface area (Å²) in [6.07, 6.45) is 1.50. The number of rotatable bonds is 2. The van der Waals surface area contributed by atoms with Gasteiger partial charge in [-0.3, -0.25) is 0 Å². The van der Waals surface area contributed by atoms with Gasteiger partial charge in [0.2, 0.25) is 0 Å². The Morgan fingerprint density at radius 2 is 1.71 bits per heavy atom. The number of nitrogen functional groups attached to an aromatic ring is 1. The molecule has 2 N–H and O–H groups in total. The highest BCUT2D eigenvalue weighted by molar-refractivity contribution is 9.10. The summed E-state index contributed by atoms with van der Waals surface area (Å²) in [5.74, 6) is 1.31. The molecule has 110 valence electrons. The molecule has 1 saturated heterocycles.